The quantitative estimate of drug-likeness (QED) is 0.153. The van der Waals surface area contributed by atoms with E-state index in [-0.39, 0.29) is 28.4 Å². The summed E-state index contributed by atoms with van der Waals surface area (Å²) in [6, 6.07) is 56.5. The van der Waals surface area contributed by atoms with E-state index in [9.17, 15) is 0 Å². The Hall–Kier alpha value is -7.36. The van der Waals surface area contributed by atoms with Crippen molar-refractivity contribution in [3.05, 3.63) is 206 Å². The summed E-state index contributed by atoms with van der Waals surface area (Å²) in [5, 5.41) is 7.07. The SMILES string of the molecule is Cc1ccc(-c2c(-c3ccc(C)cc3)n3c4c(c5ccccc5cc24)B2c4c-3ccc3c4-n4c5c2cc2c(c5c5c6c(cc(c54)C34c3cc(C)ccc3-c3ccc(C)cc34)C(C)(C)CCC6(C)C)C(C)(C)CCC2(C)C)cc1. The molecule has 9 aromatic carbocycles. The molecule has 0 N–H and O–H groups in total. The third-order valence-electron chi connectivity index (χ3n) is 21.4. The van der Waals surface area contributed by atoms with Gasteiger partial charge in [0.1, 0.15) is 0 Å². The van der Waals surface area contributed by atoms with Gasteiger partial charge in [-0.3, -0.25) is 0 Å². The number of nitrogens with zero attached hydrogens (tertiary/aromatic N) is 2. The fraction of sp³-hybridized carbons (Fsp3) is 0.280. The Kier molecular flexibility index (Phi) is 8.35. The van der Waals surface area contributed by atoms with Crippen LogP contribution in [0.2, 0.25) is 0 Å². The van der Waals surface area contributed by atoms with Crippen molar-refractivity contribution in [2.45, 2.75) is 136 Å². The van der Waals surface area contributed by atoms with Gasteiger partial charge in [0.2, 0.25) is 0 Å². The van der Waals surface area contributed by atoms with E-state index in [2.05, 4.69) is 232 Å². The minimum atomic E-state index is -0.586. The summed E-state index contributed by atoms with van der Waals surface area (Å²) in [4.78, 5) is 0. The molecule has 0 saturated heterocycles. The molecule has 3 heteroatoms. The normalized spacial score (nSPS) is 18.3. The van der Waals surface area contributed by atoms with Gasteiger partial charge in [0.25, 0.3) is 6.71 Å². The molecule has 2 nitrogen and oxygen atoms in total. The standard InChI is InChI=1S/C75H67BN2/c1-40-17-23-44(24-18-40)59-50-37-46-15-13-14-16-47(46)64-67(50)77(66(59)45-25-19-41(2)20-26-45)58-30-29-51-69-65(58)76(64)57-39-55-63(74(11,12)34-32-72(55,7)8)61-60-62-54(71(5,6)31-33-73(62,9)10)38-56(68(60)78(69)70(57)61)75(51)52-35-42(3)21-27-48(52)49-28-22-43(4)36-53(49)75/h13-30,35-39H,31-34H2,1-12H3. The lowest BCUT2D eigenvalue weighted by atomic mass is 9.33. The zero-order valence-electron chi connectivity index (χ0n) is 47.6. The Morgan fingerprint density at radius 1 is 0.410 bits per heavy atom. The molecule has 0 fully saturated rings. The van der Waals surface area contributed by atoms with Crippen LogP contribution in [0.25, 0.3) is 88.4 Å². The Labute approximate surface area is 460 Å². The summed E-state index contributed by atoms with van der Waals surface area (Å²) in [6.07, 6.45) is 4.63. The molecule has 380 valence electrons. The molecular weight excluding hydrogens is 940 g/mol. The Bertz CT molecular complexity index is 4590. The third-order valence-corrected chi connectivity index (χ3v) is 21.4. The van der Waals surface area contributed by atoms with Crippen molar-refractivity contribution >= 4 is 66.6 Å². The number of hydrogen-bond donors (Lipinski definition) is 0. The predicted octanol–water partition coefficient (Wildman–Crippen LogP) is 17.0. The minimum Gasteiger partial charge on any atom is -0.310 e. The summed E-state index contributed by atoms with van der Waals surface area (Å²) in [7, 11) is 0. The number of aromatic nitrogens is 2. The maximum Gasteiger partial charge on any atom is 0.253 e. The summed E-state index contributed by atoms with van der Waals surface area (Å²) in [5.74, 6) is 0. The first-order chi connectivity index (χ1) is 37.3. The van der Waals surface area contributed by atoms with Gasteiger partial charge in [0, 0.05) is 38.6 Å². The molecule has 6 aliphatic rings. The summed E-state index contributed by atoms with van der Waals surface area (Å²) < 4.78 is 5.70. The van der Waals surface area contributed by atoms with Gasteiger partial charge in [0.05, 0.1) is 22.1 Å². The molecule has 2 aromatic heterocycles. The van der Waals surface area contributed by atoms with Gasteiger partial charge in [-0.1, -0.05) is 205 Å². The molecule has 0 radical (unpaired) electrons. The molecule has 17 rings (SSSR count). The van der Waals surface area contributed by atoms with Crippen molar-refractivity contribution in [3.8, 4) is 44.9 Å². The smallest absolute Gasteiger partial charge is 0.253 e. The van der Waals surface area contributed by atoms with Crippen LogP contribution in [0.15, 0.2) is 140 Å². The van der Waals surface area contributed by atoms with Crippen molar-refractivity contribution in [1.82, 2.24) is 9.13 Å². The van der Waals surface area contributed by atoms with Crippen LogP contribution in [-0.4, -0.2) is 15.8 Å². The van der Waals surface area contributed by atoms with E-state index in [4.69, 9.17) is 0 Å². The van der Waals surface area contributed by atoms with Gasteiger partial charge in [-0.25, -0.2) is 0 Å². The van der Waals surface area contributed by atoms with Crippen molar-refractivity contribution in [2.75, 3.05) is 0 Å². The van der Waals surface area contributed by atoms with Gasteiger partial charge in [-0.15, -0.1) is 0 Å². The van der Waals surface area contributed by atoms with Crippen LogP contribution in [0.1, 0.15) is 148 Å². The highest BCUT2D eigenvalue weighted by molar-refractivity contribution is 7.01. The lowest BCUT2D eigenvalue weighted by molar-refractivity contribution is 0.333. The maximum atomic E-state index is 2.94. The van der Waals surface area contributed by atoms with Gasteiger partial charge in [-0.2, -0.15) is 0 Å². The molecular formula is C75H67BN2. The number of benzene rings is 9. The molecule has 0 bridgehead atoms. The van der Waals surface area contributed by atoms with Gasteiger partial charge >= 0.3 is 0 Å². The first-order valence-corrected chi connectivity index (χ1v) is 29.2. The van der Waals surface area contributed by atoms with Crippen LogP contribution >= 0.6 is 0 Å². The Morgan fingerprint density at radius 2 is 0.962 bits per heavy atom. The summed E-state index contributed by atoms with van der Waals surface area (Å²) in [5.41, 5.74) is 35.7. The first-order valence-electron chi connectivity index (χ1n) is 29.2. The van der Waals surface area contributed by atoms with Crippen molar-refractivity contribution in [1.29, 1.82) is 0 Å². The third kappa shape index (κ3) is 5.25. The average Bonchev–Trinajstić information content (AvgIpc) is 1.58. The van der Waals surface area contributed by atoms with E-state index in [1.165, 1.54) is 138 Å². The molecule has 0 amide bonds. The van der Waals surface area contributed by atoms with E-state index in [0.29, 0.717) is 0 Å². The second kappa shape index (κ2) is 14.3. The van der Waals surface area contributed by atoms with Crippen LogP contribution < -0.4 is 16.4 Å². The van der Waals surface area contributed by atoms with Crippen LogP contribution in [0.5, 0.6) is 0 Å². The van der Waals surface area contributed by atoms with Crippen LogP contribution in [0, 0.1) is 27.7 Å². The summed E-state index contributed by atoms with van der Waals surface area (Å²) >= 11 is 0. The van der Waals surface area contributed by atoms with Crippen molar-refractivity contribution < 1.29 is 0 Å². The van der Waals surface area contributed by atoms with Crippen molar-refractivity contribution in [3.63, 3.8) is 0 Å². The van der Waals surface area contributed by atoms with Crippen molar-refractivity contribution in [2.24, 2.45) is 0 Å². The molecule has 5 heterocycles. The molecule has 0 saturated carbocycles. The number of rotatable bonds is 2. The second-order valence-electron chi connectivity index (χ2n) is 27.9. The molecule has 3 aliphatic carbocycles. The highest BCUT2D eigenvalue weighted by Gasteiger charge is 2.57. The van der Waals surface area contributed by atoms with E-state index < -0.39 is 5.41 Å². The second-order valence-corrected chi connectivity index (χ2v) is 27.9. The Balaban J connectivity index is 1.19. The van der Waals surface area contributed by atoms with E-state index in [1.807, 2.05) is 0 Å². The lowest BCUT2D eigenvalue weighted by Crippen LogP contribution is -2.61. The van der Waals surface area contributed by atoms with E-state index in [1.54, 1.807) is 33.0 Å². The van der Waals surface area contributed by atoms with E-state index in [0.717, 1.165) is 25.7 Å². The van der Waals surface area contributed by atoms with Crippen LogP contribution in [0.3, 0.4) is 0 Å². The molecule has 3 aliphatic heterocycles. The van der Waals surface area contributed by atoms with Crippen LogP contribution in [-0.2, 0) is 27.1 Å². The topological polar surface area (TPSA) is 9.86 Å². The molecule has 0 atom stereocenters. The molecule has 11 aromatic rings. The summed E-state index contributed by atoms with van der Waals surface area (Å²) in [6.45, 7) is 29.7. The molecule has 1 spiro atoms. The zero-order chi connectivity index (χ0) is 53.2. The number of aryl methyl sites for hydroxylation is 4. The average molecular weight is 1010 g/mol. The number of hydrogen-bond acceptors (Lipinski definition) is 0. The van der Waals surface area contributed by atoms with Crippen LogP contribution in [0.4, 0.5) is 0 Å². The maximum absolute atomic E-state index is 2.94. The minimum absolute atomic E-state index is 0.0261. The number of fused-ring (bicyclic) bond motifs is 17. The molecule has 78 heavy (non-hydrogen) atoms. The van der Waals surface area contributed by atoms with Gasteiger partial charge in [0.15, 0.2) is 0 Å². The first kappa shape index (κ1) is 45.6. The fourth-order valence-corrected chi connectivity index (χ4v) is 17.4. The zero-order valence-corrected chi connectivity index (χ0v) is 47.6. The lowest BCUT2D eigenvalue weighted by Gasteiger charge is -2.47. The van der Waals surface area contributed by atoms with Gasteiger partial charge in [-0.05, 0) is 181 Å². The Morgan fingerprint density at radius 3 is 1.59 bits per heavy atom. The fourth-order valence-electron chi connectivity index (χ4n) is 17.4. The predicted molar refractivity (Wildman–Crippen MR) is 331 cm³/mol. The highest BCUT2D eigenvalue weighted by Crippen LogP contribution is 2.66. The largest absolute Gasteiger partial charge is 0.310 e. The molecule has 0 unspecified atom stereocenters. The highest BCUT2D eigenvalue weighted by atomic mass is 15.1. The van der Waals surface area contributed by atoms with E-state index >= 15 is 0 Å². The van der Waals surface area contributed by atoms with Gasteiger partial charge < -0.3 is 9.13 Å². The monoisotopic (exact) mass is 1010 g/mol.